The monoisotopic (exact) mass is 506 g/mol. The maximum Gasteiger partial charge on any atom is 0.143 e. The molecule has 2 nitrogen and oxygen atoms in total. The van der Waals surface area contributed by atoms with Crippen LogP contribution in [0.4, 0.5) is 0 Å². The lowest BCUT2D eigenvalue weighted by molar-refractivity contribution is 0.143. The van der Waals surface area contributed by atoms with E-state index in [0.29, 0.717) is 0 Å². The molecule has 0 amide bonds. The van der Waals surface area contributed by atoms with Crippen molar-refractivity contribution in [3.8, 4) is 0 Å². The summed E-state index contributed by atoms with van der Waals surface area (Å²) in [6.45, 7) is 9.15. The maximum atomic E-state index is 11.2. The molecule has 0 aliphatic heterocycles. The van der Waals surface area contributed by atoms with Crippen LogP contribution in [0.15, 0.2) is 16.7 Å². The molecule has 1 heterocycles. The topological polar surface area (TPSA) is 33.4 Å². The number of unbranched alkanes of at least 4 members (excludes halogenated alkanes) is 9. The van der Waals surface area contributed by atoms with Crippen LogP contribution >= 0.6 is 22.6 Å². The lowest BCUT2D eigenvalue weighted by Crippen LogP contribution is -2.48. The van der Waals surface area contributed by atoms with Gasteiger partial charge < -0.3 is 9.52 Å². The lowest BCUT2D eigenvalue weighted by atomic mass is 10.0. The van der Waals surface area contributed by atoms with Gasteiger partial charge >= 0.3 is 0 Å². The largest absolute Gasteiger partial charge is 0.474 e. The summed E-state index contributed by atoms with van der Waals surface area (Å²) in [5.41, 5.74) is 1.07. The van der Waals surface area contributed by atoms with Crippen LogP contribution < -0.4 is 5.38 Å². The van der Waals surface area contributed by atoms with Gasteiger partial charge in [0.05, 0.1) is 11.6 Å². The first kappa shape index (κ1) is 25.2. The van der Waals surface area contributed by atoms with Gasteiger partial charge in [-0.25, -0.2) is 0 Å². The molecule has 0 aromatic carbocycles. The quantitative estimate of drug-likeness (QED) is 0.107. The number of rotatable bonds is 16. The van der Waals surface area contributed by atoms with E-state index < -0.39 is 11.7 Å². The first-order chi connectivity index (χ1) is 13.0. The number of hydrogen-bond donors (Lipinski definition) is 1. The molecule has 0 bridgehead atoms. The zero-order chi connectivity index (χ0) is 20.2. The number of halogens is 1. The van der Waals surface area contributed by atoms with Crippen LogP contribution in [-0.2, 0) is 3.61 Å². The van der Waals surface area contributed by atoms with Gasteiger partial charge in [-0.2, -0.15) is 0 Å². The predicted octanol–water partition coefficient (Wildman–Crippen LogP) is 7.89. The van der Waals surface area contributed by atoms with E-state index in [4.69, 9.17) is 4.42 Å². The summed E-state index contributed by atoms with van der Waals surface area (Å²) in [5.74, 6) is 0. The second kappa shape index (κ2) is 13.4. The van der Waals surface area contributed by atoms with E-state index in [1.54, 1.807) is 6.26 Å². The summed E-state index contributed by atoms with van der Waals surface area (Å²) in [7, 11) is -1.61. The van der Waals surface area contributed by atoms with Crippen molar-refractivity contribution < 1.29 is 9.52 Å². The molecule has 0 spiro atoms. The smallest absolute Gasteiger partial charge is 0.143 e. The Hall–Kier alpha value is 0.187. The first-order valence-corrected chi connectivity index (χ1v) is 15.2. The highest BCUT2D eigenvalue weighted by molar-refractivity contribution is 14.1. The standard InChI is InChI=1S/C23H43IO2Si/c1-5-9-10-11-12-13-14-15-16-17-19-23(24,25)21-18-20-26-22(21)27(6-2,7-3)8-4/h18,20,25H,5-17,19H2,1-4H3. The molecular weight excluding hydrogens is 463 g/mol. The van der Waals surface area contributed by atoms with Gasteiger partial charge in [0.1, 0.15) is 11.7 Å². The Morgan fingerprint density at radius 2 is 1.33 bits per heavy atom. The highest BCUT2D eigenvalue weighted by Gasteiger charge is 2.40. The van der Waals surface area contributed by atoms with Crippen LogP contribution in [0.1, 0.15) is 104 Å². The fourth-order valence-corrected chi connectivity index (χ4v) is 8.94. The Kier molecular flexibility index (Phi) is 12.5. The molecule has 0 saturated heterocycles. The minimum absolute atomic E-state index is 0.780. The van der Waals surface area contributed by atoms with Crippen molar-refractivity contribution in [2.45, 2.75) is 120 Å². The highest BCUT2D eigenvalue weighted by atomic mass is 127. The molecule has 4 heteroatoms. The van der Waals surface area contributed by atoms with Gasteiger partial charge in [-0.3, -0.25) is 0 Å². The molecule has 1 aromatic rings. The molecule has 1 aromatic heterocycles. The van der Waals surface area contributed by atoms with Crippen molar-refractivity contribution >= 4 is 36.0 Å². The van der Waals surface area contributed by atoms with Crippen LogP contribution in [-0.4, -0.2) is 13.2 Å². The molecule has 1 unspecified atom stereocenters. The van der Waals surface area contributed by atoms with E-state index in [0.717, 1.165) is 23.8 Å². The van der Waals surface area contributed by atoms with E-state index in [9.17, 15) is 5.11 Å². The lowest BCUT2D eigenvalue weighted by Gasteiger charge is -2.30. The molecule has 158 valence electrons. The van der Waals surface area contributed by atoms with Crippen LogP contribution in [0.25, 0.3) is 0 Å². The fourth-order valence-electron chi connectivity index (χ4n) is 4.23. The van der Waals surface area contributed by atoms with Crippen molar-refractivity contribution in [1.82, 2.24) is 0 Å². The first-order valence-electron chi connectivity index (χ1n) is 11.5. The van der Waals surface area contributed by atoms with Crippen LogP contribution in [0.5, 0.6) is 0 Å². The Morgan fingerprint density at radius 3 is 1.81 bits per heavy atom. The minimum Gasteiger partial charge on any atom is -0.474 e. The van der Waals surface area contributed by atoms with Gasteiger partial charge in [-0.1, -0.05) is 104 Å². The molecule has 0 fully saturated rings. The minimum atomic E-state index is -1.61. The Balaban J connectivity index is 2.43. The predicted molar refractivity (Wildman–Crippen MR) is 130 cm³/mol. The summed E-state index contributed by atoms with van der Waals surface area (Å²) < 4.78 is 5.21. The average Bonchev–Trinajstić information content (AvgIpc) is 3.17. The normalized spacial score (nSPS) is 14.4. The van der Waals surface area contributed by atoms with Gasteiger partial charge in [0, 0.05) is 5.56 Å². The molecule has 1 rings (SSSR count). The molecular formula is C23H43IO2Si. The third kappa shape index (κ3) is 7.85. The van der Waals surface area contributed by atoms with Gasteiger partial charge in [0.15, 0.2) is 0 Å². The Labute approximate surface area is 183 Å². The molecule has 0 aliphatic carbocycles. The second-order valence-corrected chi connectivity index (χ2v) is 15.1. The number of furan rings is 1. The number of hydrogen-bond acceptors (Lipinski definition) is 2. The van der Waals surface area contributed by atoms with E-state index in [-0.39, 0.29) is 0 Å². The van der Waals surface area contributed by atoms with Crippen LogP contribution in [0, 0.1) is 0 Å². The average molecular weight is 507 g/mol. The van der Waals surface area contributed by atoms with E-state index in [1.807, 2.05) is 6.07 Å². The summed E-state index contributed by atoms with van der Waals surface area (Å²) in [6, 6.07) is 5.59. The molecule has 27 heavy (non-hydrogen) atoms. The molecule has 1 N–H and O–H groups in total. The zero-order valence-electron chi connectivity index (χ0n) is 18.3. The van der Waals surface area contributed by atoms with Crippen LogP contribution in [0.3, 0.4) is 0 Å². The number of alkyl halides is 1. The molecule has 0 radical (unpaired) electrons. The van der Waals surface area contributed by atoms with Crippen LogP contribution in [0.2, 0.25) is 18.1 Å². The van der Waals surface area contributed by atoms with Gasteiger partial charge in [-0.05, 0) is 41.5 Å². The summed E-state index contributed by atoms with van der Waals surface area (Å²) in [4.78, 5) is 0. The van der Waals surface area contributed by atoms with Gasteiger partial charge in [0.25, 0.3) is 0 Å². The van der Waals surface area contributed by atoms with E-state index in [1.165, 1.54) is 75.9 Å². The summed E-state index contributed by atoms with van der Waals surface area (Å²) >= 11 is 2.26. The van der Waals surface area contributed by atoms with Crippen molar-refractivity contribution in [3.63, 3.8) is 0 Å². The zero-order valence-corrected chi connectivity index (χ0v) is 21.4. The maximum absolute atomic E-state index is 11.2. The van der Waals surface area contributed by atoms with E-state index in [2.05, 4.69) is 50.3 Å². The molecule has 1 atom stereocenters. The fraction of sp³-hybridized carbons (Fsp3) is 0.826. The summed E-state index contributed by atoms with van der Waals surface area (Å²) in [5, 5.41) is 12.3. The van der Waals surface area contributed by atoms with Gasteiger partial charge in [-0.15, -0.1) is 0 Å². The Morgan fingerprint density at radius 1 is 0.852 bits per heavy atom. The SMILES string of the molecule is CCCCCCCCCCCCC(O)(I)c1ccoc1[Si](CC)(CC)CC. The van der Waals surface area contributed by atoms with Crippen molar-refractivity contribution in [1.29, 1.82) is 0 Å². The molecule has 0 saturated carbocycles. The Bertz CT molecular complexity index is 486. The van der Waals surface area contributed by atoms with Crippen molar-refractivity contribution in [3.05, 3.63) is 17.9 Å². The van der Waals surface area contributed by atoms with Crippen molar-refractivity contribution in [2.75, 3.05) is 0 Å². The van der Waals surface area contributed by atoms with E-state index >= 15 is 0 Å². The molecule has 0 aliphatic rings. The summed E-state index contributed by atoms with van der Waals surface area (Å²) in [6.07, 6.45) is 15.9. The van der Waals surface area contributed by atoms with Gasteiger partial charge in [0.2, 0.25) is 0 Å². The highest BCUT2D eigenvalue weighted by Crippen LogP contribution is 2.36. The third-order valence-corrected chi connectivity index (χ3v) is 13.0. The second-order valence-electron chi connectivity index (χ2n) is 8.20. The number of aliphatic hydroxyl groups is 1. The van der Waals surface area contributed by atoms with Crippen molar-refractivity contribution in [2.24, 2.45) is 0 Å². The third-order valence-electron chi connectivity index (χ3n) is 6.45.